The lowest BCUT2D eigenvalue weighted by Gasteiger charge is -2.28. The van der Waals surface area contributed by atoms with E-state index in [1.807, 2.05) is 43.3 Å². The molecule has 0 bridgehead atoms. The Balaban J connectivity index is 1.24. The summed E-state index contributed by atoms with van der Waals surface area (Å²) in [4.78, 5) is 17.5. The number of benzene rings is 2. The molecule has 2 aromatic carbocycles. The van der Waals surface area contributed by atoms with Gasteiger partial charge in [-0.1, -0.05) is 17.7 Å². The van der Waals surface area contributed by atoms with Crippen LogP contribution in [-0.2, 0) is 19.6 Å². The van der Waals surface area contributed by atoms with E-state index in [0.717, 1.165) is 54.2 Å². The maximum absolute atomic E-state index is 13.6. The van der Waals surface area contributed by atoms with Gasteiger partial charge >= 0.3 is 0 Å². The van der Waals surface area contributed by atoms with E-state index in [-0.39, 0.29) is 30.0 Å². The van der Waals surface area contributed by atoms with Gasteiger partial charge in [-0.2, -0.15) is 4.31 Å². The topological polar surface area (TPSA) is 105 Å². The van der Waals surface area contributed by atoms with Crippen LogP contribution in [0.1, 0.15) is 24.8 Å². The first-order valence-corrected chi connectivity index (χ1v) is 15.5. The predicted molar refractivity (Wildman–Crippen MR) is 156 cm³/mol. The van der Waals surface area contributed by atoms with Gasteiger partial charge in [0.25, 0.3) is 0 Å². The fourth-order valence-electron chi connectivity index (χ4n) is 5.18. The van der Waals surface area contributed by atoms with Gasteiger partial charge < -0.3 is 19.3 Å². The molecule has 5 rings (SSSR count). The zero-order valence-electron chi connectivity index (χ0n) is 23.6. The number of anilines is 1. The number of hydrogen-bond donors (Lipinski definition) is 0. The smallest absolute Gasteiger partial charge is 0.243 e. The third-order valence-corrected chi connectivity index (χ3v) is 9.44. The summed E-state index contributed by atoms with van der Waals surface area (Å²) in [6, 6.07) is 18.3. The Morgan fingerprint density at radius 2 is 1.76 bits per heavy atom. The number of rotatable bonds is 9. The lowest BCUT2D eigenvalue weighted by Crippen LogP contribution is -2.46. The lowest BCUT2D eigenvalue weighted by atomic mass is 10.1. The second kappa shape index (κ2) is 13.0. The lowest BCUT2D eigenvalue weighted by molar-refractivity contribution is -0.131. The standard InChI is InChI=1S/C30H37N5O5S/c1-23-6-12-27(13-7-23)41(37,38)35(21-26-5-3-20-40-26)22-30(36)34-17-4-16-33(18-19-34)29-15-14-28(31-32-29)24-8-10-25(39-2)11-9-24/h6-15,26H,3-5,16-22H2,1-2H3/t26-/m1/s1. The third kappa shape index (κ3) is 7.03. The molecule has 218 valence electrons. The fraction of sp³-hybridized carbons (Fsp3) is 0.433. The summed E-state index contributed by atoms with van der Waals surface area (Å²) in [7, 11) is -2.23. The Hall–Kier alpha value is -3.54. The van der Waals surface area contributed by atoms with Gasteiger partial charge in [0.15, 0.2) is 5.82 Å². The number of sulfonamides is 1. The molecule has 1 amide bonds. The first-order chi connectivity index (χ1) is 19.8. The summed E-state index contributed by atoms with van der Waals surface area (Å²) in [6.07, 6.45) is 2.21. The summed E-state index contributed by atoms with van der Waals surface area (Å²) < 4.78 is 39.4. The highest BCUT2D eigenvalue weighted by Crippen LogP contribution is 2.23. The molecule has 0 N–H and O–H groups in total. The summed E-state index contributed by atoms with van der Waals surface area (Å²) >= 11 is 0. The highest BCUT2D eigenvalue weighted by molar-refractivity contribution is 7.89. The number of aryl methyl sites for hydroxylation is 1. The molecule has 41 heavy (non-hydrogen) atoms. The van der Waals surface area contributed by atoms with Crippen molar-refractivity contribution >= 4 is 21.7 Å². The molecule has 0 saturated carbocycles. The van der Waals surface area contributed by atoms with E-state index in [1.54, 1.807) is 36.3 Å². The van der Waals surface area contributed by atoms with Crippen LogP contribution in [0.5, 0.6) is 5.75 Å². The zero-order chi connectivity index (χ0) is 28.8. The molecule has 2 saturated heterocycles. The van der Waals surface area contributed by atoms with E-state index in [2.05, 4.69) is 15.1 Å². The Labute approximate surface area is 241 Å². The van der Waals surface area contributed by atoms with E-state index in [4.69, 9.17) is 9.47 Å². The van der Waals surface area contributed by atoms with Gasteiger partial charge in [0, 0.05) is 44.9 Å². The molecule has 0 spiro atoms. The van der Waals surface area contributed by atoms with Gasteiger partial charge in [0.1, 0.15) is 5.75 Å². The minimum absolute atomic E-state index is 0.165. The van der Waals surface area contributed by atoms with E-state index in [1.165, 1.54) is 4.31 Å². The highest BCUT2D eigenvalue weighted by atomic mass is 32.2. The predicted octanol–water partition coefficient (Wildman–Crippen LogP) is 3.37. The van der Waals surface area contributed by atoms with Gasteiger partial charge in [-0.05, 0) is 74.7 Å². The van der Waals surface area contributed by atoms with Crippen molar-refractivity contribution in [2.45, 2.75) is 37.2 Å². The van der Waals surface area contributed by atoms with E-state index >= 15 is 0 Å². The number of nitrogens with zero attached hydrogens (tertiary/aromatic N) is 5. The zero-order valence-corrected chi connectivity index (χ0v) is 24.4. The van der Waals surface area contributed by atoms with Crippen molar-refractivity contribution in [3.05, 3.63) is 66.2 Å². The fourth-order valence-corrected chi connectivity index (χ4v) is 6.60. The van der Waals surface area contributed by atoms with Crippen molar-refractivity contribution in [1.82, 2.24) is 19.4 Å². The Morgan fingerprint density at radius 1 is 0.976 bits per heavy atom. The van der Waals surface area contributed by atoms with Crippen LogP contribution in [0.3, 0.4) is 0 Å². The van der Waals surface area contributed by atoms with Crippen LogP contribution in [0.4, 0.5) is 5.82 Å². The van der Waals surface area contributed by atoms with E-state index in [9.17, 15) is 13.2 Å². The molecule has 1 atom stereocenters. The number of hydrogen-bond acceptors (Lipinski definition) is 8. The number of carbonyl (C=O) groups is 1. The number of methoxy groups -OCH3 is 1. The quantitative estimate of drug-likeness (QED) is 0.380. The van der Waals surface area contributed by atoms with Crippen molar-refractivity contribution in [3.8, 4) is 17.0 Å². The van der Waals surface area contributed by atoms with E-state index in [0.29, 0.717) is 26.2 Å². The maximum Gasteiger partial charge on any atom is 0.243 e. The second-order valence-corrected chi connectivity index (χ2v) is 12.4. The molecular weight excluding hydrogens is 542 g/mol. The Morgan fingerprint density at radius 3 is 2.41 bits per heavy atom. The molecule has 11 heteroatoms. The molecule has 0 radical (unpaired) electrons. The number of aromatic nitrogens is 2. The van der Waals surface area contributed by atoms with Crippen LogP contribution in [0.2, 0.25) is 0 Å². The minimum atomic E-state index is -3.86. The van der Waals surface area contributed by atoms with Gasteiger partial charge in [0.2, 0.25) is 15.9 Å². The molecule has 2 aliphatic rings. The minimum Gasteiger partial charge on any atom is -0.497 e. The third-order valence-electron chi connectivity index (χ3n) is 7.61. The molecule has 1 aromatic heterocycles. The van der Waals surface area contributed by atoms with E-state index < -0.39 is 10.0 Å². The van der Waals surface area contributed by atoms with Crippen LogP contribution in [0.25, 0.3) is 11.3 Å². The maximum atomic E-state index is 13.6. The molecule has 10 nitrogen and oxygen atoms in total. The average molecular weight is 580 g/mol. The molecular formula is C30H37N5O5S. The van der Waals surface area contributed by atoms with Crippen LogP contribution in [0, 0.1) is 6.92 Å². The van der Waals surface area contributed by atoms with Crippen molar-refractivity contribution < 1.29 is 22.7 Å². The average Bonchev–Trinajstić information content (AvgIpc) is 3.38. The van der Waals surface area contributed by atoms with Gasteiger partial charge in [-0.25, -0.2) is 8.42 Å². The summed E-state index contributed by atoms with van der Waals surface area (Å²) in [5, 5.41) is 8.87. The van der Waals surface area contributed by atoms with Crippen molar-refractivity contribution in [1.29, 1.82) is 0 Å². The number of amides is 1. The van der Waals surface area contributed by atoms with Crippen molar-refractivity contribution in [2.75, 3.05) is 57.9 Å². The van der Waals surface area contributed by atoms with Gasteiger partial charge in [0.05, 0.1) is 30.3 Å². The van der Waals surface area contributed by atoms with Gasteiger partial charge in [-0.15, -0.1) is 10.2 Å². The first-order valence-electron chi connectivity index (χ1n) is 14.0. The van der Waals surface area contributed by atoms with Crippen molar-refractivity contribution in [3.63, 3.8) is 0 Å². The summed E-state index contributed by atoms with van der Waals surface area (Å²) in [6.45, 7) is 4.80. The summed E-state index contributed by atoms with van der Waals surface area (Å²) in [5.74, 6) is 1.32. The summed E-state index contributed by atoms with van der Waals surface area (Å²) in [5.41, 5.74) is 2.69. The molecule has 0 unspecified atom stereocenters. The monoisotopic (exact) mass is 579 g/mol. The molecule has 0 aliphatic carbocycles. The van der Waals surface area contributed by atoms with Crippen molar-refractivity contribution in [2.24, 2.45) is 0 Å². The molecule has 2 fully saturated rings. The normalized spacial score (nSPS) is 18.0. The first kappa shape index (κ1) is 29.0. The Bertz CT molecular complexity index is 1410. The van der Waals surface area contributed by atoms with Crippen LogP contribution < -0.4 is 9.64 Å². The second-order valence-electron chi connectivity index (χ2n) is 10.5. The molecule has 2 aliphatic heterocycles. The van der Waals surface area contributed by atoms with Crippen LogP contribution in [-0.4, -0.2) is 92.8 Å². The highest BCUT2D eigenvalue weighted by Gasteiger charge is 2.32. The molecule has 3 aromatic rings. The molecule has 3 heterocycles. The SMILES string of the molecule is COc1ccc(-c2ccc(N3CCCN(C(=O)CN(C[C@H]4CCCO4)S(=O)(=O)c4ccc(C)cc4)CC3)nn2)cc1. The largest absolute Gasteiger partial charge is 0.497 e. The number of ether oxygens (including phenoxy) is 2. The van der Waals surface area contributed by atoms with Crippen LogP contribution >= 0.6 is 0 Å². The van der Waals surface area contributed by atoms with Crippen LogP contribution in [0.15, 0.2) is 65.6 Å². The number of carbonyl (C=O) groups excluding carboxylic acids is 1. The Kier molecular flexibility index (Phi) is 9.16. The van der Waals surface area contributed by atoms with Gasteiger partial charge in [-0.3, -0.25) is 4.79 Å².